The van der Waals surface area contributed by atoms with Gasteiger partial charge in [0.2, 0.25) is 0 Å². The van der Waals surface area contributed by atoms with Gasteiger partial charge in [-0.25, -0.2) is 39.0 Å². The first-order valence-corrected chi connectivity index (χ1v) is 17.5. The fraction of sp³-hybridized carbons (Fsp3) is 0.500. The van der Waals surface area contributed by atoms with Crippen molar-refractivity contribution in [2.75, 3.05) is 23.8 Å². The summed E-state index contributed by atoms with van der Waals surface area (Å²) in [7, 11) is -5.26. The van der Waals surface area contributed by atoms with E-state index in [2.05, 4.69) is 34.2 Å². The Morgan fingerprint density at radius 1 is 0.778 bits per heavy atom. The molecule has 0 saturated carbocycles. The highest BCUT2D eigenvalue weighted by molar-refractivity contribution is 8.55. The van der Waals surface area contributed by atoms with Crippen LogP contribution in [0, 0.1) is 0 Å². The third-order valence-electron chi connectivity index (χ3n) is 7.01. The van der Waals surface area contributed by atoms with E-state index in [1.807, 2.05) is 0 Å². The molecule has 2 fully saturated rings. The van der Waals surface area contributed by atoms with E-state index in [-0.39, 0.29) is 45.3 Å². The fourth-order valence-corrected chi connectivity index (χ4v) is 9.37. The number of anilines is 2. The predicted molar refractivity (Wildman–Crippen MR) is 150 cm³/mol. The number of aliphatic hydroxyl groups excluding tert-OH is 4. The lowest BCUT2D eigenvalue weighted by Crippen LogP contribution is -2.33. The maximum atomic E-state index is 12.7. The molecule has 25 heteroatoms. The normalized spacial score (nSPS) is 31.4. The van der Waals surface area contributed by atoms with Crippen LogP contribution >= 0.6 is 26.0 Å². The molecule has 4 aromatic rings. The highest BCUT2D eigenvalue weighted by atomic mass is 32.7. The Morgan fingerprint density at radius 2 is 1.27 bits per heavy atom. The number of hydrogen-bond acceptors (Lipinski definition) is 19. The minimum Gasteiger partial charge on any atom is -0.387 e. The Hall–Kier alpha value is -2.89. The highest BCUT2D eigenvalue weighted by Crippen LogP contribution is 2.67. The molecule has 2 saturated heterocycles. The number of nitrogen functional groups attached to an aromatic ring is 2. The highest BCUT2D eigenvalue weighted by Gasteiger charge is 2.48. The summed E-state index contributed by atoms with van der Waals surface area (Å²) in [5, 5.41) is 42.0. The number of rotatable bonds is 10. The second-order valence-electron chi connectivity index (χ2n) is 9.87. The number of aliphatic hydroxyl groups is 4. The van der Waals surface area contributed by atoms with Gasteiger partial charge in [0.1, 0.15) is 54.2 Å². The van der Waals surface area contributed by atoms with Gasteiger partial charge in [0.05, 0.1) is 25.4 Å². The van der Waals surface area contributed by atoms with Gasteiger partial charge < -0.3 is 51.2 Å². The Bertz CT molecular complexity index is 1690. The zero-order valence-corrected chi connectivity index (χ0v) is 25.1. The second kappa shape index (κ2) is 12.0. The molecule has 4 aromatic heterocycles. The molecule has 0 bridgehead atoms. The summed E-state index contributed by atoms with van der Waals surface area (Å²) < 4.78 is 48.3. The van der Waals surface area contributed by atoms with Crippen molar-refractivity contribution < 1.29 is 57.7 Å². The first-order valence-electron chi connectivity index (χ1n) is 12.8. The lowest BCUT2D eigenvalue weighted by molar-refractivity contribution is -0.0501. The second-order valence-corrected chi connectivity index (χ2v) is 15.4. The maximum absolute atomic E-state index is 12.7. The molecule has 0 amide bonds. The van der Waals surface area contributed by atoms with Gasteiger partial charge in [0.15, 0.2) is 35.4 Å². The average Bonchev–Trinajstić information content (AvgIpc) is 3.73. The topological polar surface area (TPSA) is 332 Å². The molecule has 0 aliphatic carbocycles. The van der Waals surface area contributed by atoms with E-state index in [1.165, 1.54) is 28.1 Å². The molecule has 244 valence electrons. The fourth-order valence-electron chi connectivity index (χ4n) is 4.82. The van der Waals surface area contributed by atoms with Gasteiger partial charge in [0.25, 0.3) is 0 Å². The number of ether oxygens (including phenoxy) is 2. The van der Waals surface area contributed by atoms with E-state index in [1.54, 1.807) is 0 Å². The number of hydrogen-bond donors (Lipinski definition) is 8. The van der Waals surface area contributed by atoms with Crippen LogP contribution in [0.4, 0.5) is 11.6 Å². The number of aromatic nitrogens is 8. The standard InChI is InChI=1S/C20H26N10O12P2S/c21-15-9-17(25-3-23-15)29(5-27-9)19-13(33)11(31)7(40-19)1-39-43(35,36)42-44(37,38)45-2-8-12(32)14(34)20(41-8)30-6-28-10-16(22)24-4-26-18(10)30/h3-8,11-14,19-20,31-34H,1-2H2,(H,35,36)(H,37,38)(H2,21,23,25)(H2,22,24,26)/t7-,8-,11-,12-,13-,14-,19-,20-/m1/s1. The molecule has 2 unspecified atom stereocenters. The van der Waals surface area contributed by atoms with Crippen molar-refractivity contribution >= 4 is 60.0 Å². The first-order chi connectivity index (χ1) is 21.3. The van der Waals surface area contributed by atoms with E-state index >= 15 is 0 Å². The van der Waals surface area contributed by atoms with Crippen LogP contribution in [-0.4, -0.2) is 118 Å². The van der Waals surface area contributed by atoms with Gasteiger partial charge in [-0.3, -0.25) is 13.7 Å². The number of imidazole rings is 2. The molecule has 10 N–H and O–H groups in total. The number of phosphoric ester groups is 1. The summed E-state index contributed by atoms with van der Waals surface area (Å²) in [5.74, 6) is -0.337. The SMILES string of the molecule is Nc1ncnc2c1ncn2[C@@H]1O[C@H](COP(=O)(O)OP(=O)(O)SC[C@H]2O[C@@H](n3cnc4c(N)ncnc43)[C@H](O)[C@@H]2O)[C@@H](O)[C@H]1O. The van der Waals surface area contributed by atoms with E-state index in [9.17, 15) is 39.3 Å². The number of fused-ring (bicyclic) bond motifs is 2. The first kappa shape index (κ1) is 32.1. The van der Waals surface area contributed by atoms with Crippen LogP contribution in [0.2, 0.25) is 0 Å². The summed E-state index contributed by atoms with van der Waals surface area (Å²) in [6.07, 6.45) is -6.52. The molecule has 2 aliphatic heterocycles. The van der Waals surface area contributed by atoms with E-state index in [0.717, 1.165) is 6.33 Å². The summed E-state index contributed by atoms with van der Waals surface area (Å²) >= 11 is 0.131. The zero-order chi connectivity index (χ0) is 32.3. The van der Waals surface area contributed by atoms with E-state index in [0.29, 0.717) is 0 Å². The summed E-state index contributed by atoms with van der Waals surface area (Å²) in [5.41, 5.74) is 12.4. The van der Waals surface area contributed by atoms with Gasteiger partial charge in [-0.05, 0) is 11.4 Å². The van der Waals surface area contributed by atoms with Crippen LogP contribution in [0.3, 0.4) is 0 Å². The summed E-state index contributed by atoms with van der Waals surface area (Å²) in [6.45, 7) is -5.80. The molecule has 2 aliphatic rings. The molecule has 10 atom stereocenters. The molecule has 0 spiro atoms. The van der Waals surface area contributed by atoms with Gasteiger partial charge in [-0.1, -0.05) is 0 Å². The smallest absolute Gasteiger partial charge is 0.387 e. The van der Waals surface area contributed by atoms with Crippen molar-refractivity contribution in [3.05, 3.63) is 25.3 Å². The van der Waals surface area contributed by atoms with Crippen LogP contribution in [-0.2, 0) is 27.4 Å². The summed E-state index contributed by atoms with van der Waals surface area (Å²) in [4.78, 5) is 44.2. The van der Waals surface area contributed by atoms with Crippen LogP contribution in [0.1, 0.15) is 12.5 Å². The van der Waals surface area contributed by atoms with Gasteiger partial charge in [0, 0.05) is 5.75 Å². The molecule has 22 nitrogen and oxygen atoms in total. The molecule has 6 heterocycles. The third-order valence-corrected chi connectivity index (χ3v) is 12.0. The van der Waals surface area contributed by atoms with E-state index < -0.39 is 76.1 Å². The quantitative estimate of drug-likeness (QED) is 0.0836. The van der Waals surface area contributed by atoms with Crippen LogP contribution in [0.25, 0.3) is 22.3 Å². The molecule has 0 radical (unpaired) electrons. The van der Waals surface area contributed by atoms with Crippen molar-refractivity contribution in [3.63, 3.8) is 0 Å². The molecule has 0 aromatic carbocycles. The van der Waals surface area contributed by atoms with E-state index in [4.69, 9.17) is 25.5 Å². The monoisotopic (exact) mass is 692 g/mol. The molecular weight excluding hydrogens is 666 g/mol. The Morgan fingerprint density at radius 3 is 1.80 bits per heavy atom. The van der Waals surface area contributed by atoms with Crippen LogP contribution < -0.4 is 11.5 Å². The zero-order valence-electron chi connectivity index (χ0n) is 22.5. The Balaban J connectivity index is 1.04. The van der Waals surface area contributed by atoms with Crippen molar-refractivity contribution in [2.24, 2.45) is 0 Å². The van der Waals surface area contributed by atoms with Crippen molar-refractivity contribution in [2.45, 2.75) is 49.1 Å². The van der Waals surface area contributed by atoms with Crippen molar-refractivity contribution in [1.82, 2.24) is 39.0 Å². The largest absolute Gasteiger partial charge is 0.480 e. The van der Waals surface area contributed by atoms with Gasteiger partial charge in [-0.2, -0.15) is 4.31 Å². The third kappa shape index (κ3) is 6.15. The number of nitrogens with zero attached hydrogens (tertiary/aromatic N) is 8. The van der Waals surface area contributed by atoms with Crippen LogP contribution in [0.5, 0.6) is 0 Å². The number of nitrogens with two attached hydrogens (primary N) is 2. The molecule has 45 heavy (non-hydrogen) atoms. The number of phosphoric acid groups is 1. The lowest BCUT2D eigenvalue weighted by atomic mass is 10.1. The average molecular weight is 693 g/mol. The minimum absolute atomic E-state index is 0.0637. The summed E-state index contributed by atoms with van der Waals surface area (Å²) in [6, 6.07) is 0. The Kier molecular flexibility index (Phi) is 8.58. The van der Waals surface area contributed by atoms with Gasteiger partial charge >= 0.3 is 14.6 Å². The lowest BCUT2D eigenvalue weighted by Gasteiger charge is -2.20. The Labute approximate surface area is 254 Å². The molecular formula is C20H26N10O12P2S. The maximum Gasteiger partial charge on any atom is 0.480 e. The van der Waals surface area contributed by atoms with Crippen molar-refractivity contribution in [3.8, 4) is 0 Å². The van der Waals surface area contributed by atoms with Gasteiger partial charge in [-0.15, -0.1) is 0 Å². The van der Waals surface area contributed by atoms with Crippen LogP contribution in [0.15, 0.2) is 25.3 Å². The predicted octanol–water partition coefficient (Wildman–Crippen LogP) is -1.96. The van der Waals surface area contributed by atoms with Crippen molar-refractivity contribution in [1.29, 1.82) is 0 Å². The minimum atomic E-state index is -5.26. The molecule has 6 rings (SSSR count).